The minimum atomic E-state index is -1.68. The zero-order valence-electron chi connectivity index (χ0n) is 10.5. The first-order chi connectivity index (χ1) is 6.76. The molecule has 0 saturated heterocycles. The monoisotopic (exact) mass is 222 g/mol. The van der Waals surface area contributed by atoms with Crippen LogP contribution in [0.4, 0.5) is 0 Å². The Kier molecular flexibility index (Phi) is 3.21. The molecule has 0 aromatic heterocycles. The summed E-state index contributed by atoms with van der Waals surface area (Å²) in [6.45, 7) is 2.17. The summed E-state index contributed by atoms with van der Waals surface area (Å²) in [5, 5.41) is 3.43. The first kappa shape index (κ1) is 12.2. The van der Waals surface area contributed by atoms with Gasteiger partial charge in [-0.1, -0.05) is 30.2 Å². The summed E-state index contributed by atoms with van der Waals surface area (Å²) in [5.74, 6) is 3.28. The largest absolute Gasteiger partial charge is 0.243 e. The number of benzene rings is 1. The maximum atomic E-state index is 3.43. The maximum absolute atomic E-state index is 3.43. The summed E-state index contributed by atoms with van der Waals surface area (Å²) in [6.07, 6.45) is 10.2. The van der Waals surface area contributed by atoms with Crippen LogP contribution in [-0.2, 0) is 6.42 Å². The van der Waals surface area contributed by atoms with Crippen LogP contribution in [0.15, 0.2) is 24.3 Å². The number of rotatable bonds is 1. The van der Waals surface area contributed by atoms with E-state index in [-0.39, 0.29) is 0 Å². The Hall–Kier alpha value is -0.870. The van der Waals surface area contributed by atoms with Crippen molar-refractivity contribution in [1.82, 2.24) is 0 Å². The molecule has 1 rings (SSSR count). The molecule has 1 aromatic carbocycles. The molecular weight excluding hydrogens is 200 g/mol. The Morgan fingerprint density at radius 2 is 1.53 bits per heavy atom. The van der Waals surface area contributed by atoms with E-state index < -0.39 is 9.16 Å². The molecule has 0 atom stereocenters. The lowest BCUT2D eigenvalue weighted by Crippen LogP contribution is -2.06. The van der Waals surface area contributed by atoms with Crippen molar-refractivity contribution in [3.05, 3.63) is 35.4 Å². The second-order valence-corrected chi connectivity index (χ2v) is 13.2. The van der Waals surface area contributed by atoms with Crippen LogP contribution in [-0.4, -0.2) is 25.0 Å². The average Bonchev–Trinajstić information content (AvgIpc) is 2.13. The van der Waals surface area contributed by atoms with E-state index in [9.17, 15) is 0 Å². The van der Waals surface area contributed by atoms with Crippen LogP contribution in [0.5, 0.6) is 0 Å². The lowest BCUT2D eigenvalue weighted by molar-refractivity contribution is 1.14. The summed E-state index contributed by atoms with van der Waals surface area (Å²) in [5.41, 5.74) is 2.51. The Morgan fingerprint density at radius 3 is 1.93 bits per heavy atom. The molecule has 0 heterocycles. The predicted octanol–water partition coefficient (Wildman–Crippen LogP) is 3.15. The van der Waals surface area contributed by atoms with Crippen molar-refractivity contribution in [3.8, 4) is 11.2 Å². The number of thiol groups is 1. The van der Waals surface area contributed by atoms with Crippen molar-refractivity contribution in [1.29, 1.82) is 0 Å². The van der Waals surface area contributed by atoms with Gasteiger partial charge in [0.2, 0.25) is 0 Å². The molecule has 84 valence electrons. The van der Waals surface area contributed by atoms with Gasteiger partial charge in [-0.2, -0.15) is 0 Å². The molecule has 0 bridgehead atoms. The molecule has 15 heavy (non-hydrogen) atoms. The Labute approximate surface area is 94.4 Å². The molecule has 0 aliphatic heterocycles. The normalized spacial score (nSPS) is 13.5. The van der Waals surface area contributed by atoms with Crippen LogP contribution in [0.2, 0.25) is 0 Å². The molecule has 1 heteroatoms. The smallest absolute Gasteiger partial charge is 0.0253 e. The summed E-state index contributed by atoms with van der Waals surface area (Å²) in [4.78, 5) is 0. The highest BCUT2D eigenvalue weighted by Gasteiger charge is 2.13. The zero-order valence-corrected chi connectivity index (χ0v) is 11.4. The highest BCUT2D eigenvalue weighted by molar-refractivity contribution is 8.51. The molecule has 1 aromatic rings. The molecule has 0 N–H and O–H groups in total. The van der Waals surface area contributed by atoms with Gasteiger partial charge in [-0.15, -0.1) is 0 Å². The van der Waals surface area contributed by atoms with Crippen molar-refractivity contribution in [2.45, 2.75) is 13.3 Å². The molecule has 0 spiro atoms. The third-order valence-electron chi connectivity index (χ3n) is 2.01. The van der Waals surface area contributed by atoms with E-state index in [0.717, 1.165) is 12.0 Å². The van der Waals surface area contributed by atoms with E-state index in [2.05, 4.69) is 67.4 Å². The second-order valence-electron chi connectivity index (χ2n) is 5.86. The minimum absolute atomic E-state index is 1.09. The molecule has 0 fully saturated rings. The molecule has 0 nitrogen and oxygen atoms in total. The van der Waals surface area contributed by atoms with Gasteiger partial charge in [0.1, 0.15) is 0 Å². The lowest BCUT2D eigenvalue weighted by atomic mass is 10.1. The fourth-order valence-corrected chi connectivity index (χ4v) is 1.69. The van der Waals surface area contributed by atoms with Gasteiger partial charge in [-0.25, -0.2) is 9.16 Å². The van der Waals surface area contributed by atoms with Crippen LogP contribution >= 0.6 is 9.16 Å². The van der Waals surface area contributed by atoms with Gasteiger partial charge in [-0.05, 0) is 49.1 Å². The fourth-order valence-electron chi connectivity index (χ4n) is 1.11. The highest BCUT2D eigenvalue weighted by atomic mass is 32.3. The van der Waals surface area contributed by atoms with E-state index in [1.165, 1.54) is 5.56 Å². The third kappa shape index (κ3) is 4.95. The van der Waals surface area contributed by atoms with Gasteiger partial charge >= 0.3 is 0 Å². The standard InChI is InChI=1S/C14H22S/c1-6-13-7-9-14(10-8-13)11-12-15(2,3,4)5/h7-10,15H,6H2,1-5H3. The van der Waals surface area contributed by atoms with E-state index in [1.807, 2.05) is 0 Å². The van der Waals surface area contributed by atoms with Crippen molar-refractivity contribution < 1.29 is 0 Å². The van der Waals surface area contributed by atoms with Crippen LogP contribution < -0.4 is 0 Å². The summed E-state index contributed by atoms with van der Waals surface area (Å²) < 4.78 is 0. The molecule has 0 radical (unpaired) electrons. The van der Waals surface area contributed by atoms with Gasteiger partial charge in [0.25, 0.3) is 0 Å². The van der Waals surface area contributed by atoms with Crippen LogP contribution in [0, 0.1) is 11.2 Å². The number of hydrogen-bond donors (Lipinski definition) is 1. The molecule has 0 aliphatic carbocycles. The number of hydrogen-bond acceptors (Lipinski definition) is 0. The SMILES string of the molecule is CCc1ccc(C#C[SH](C)(C)(C)C)cc1. The molecule has 0 unspecified atom stereocenters. The van der Waals surface area contributed by atoms with E-state index in [1.54, 1.807) is 0 Å². The summed E-state index contributed by atoms with van der Waals surface area (Å²) >= 11 is 0. The molecular formula is C14H22S. The van der Waals surface area contributed by atoms with Gasteiger partial charge in [0, 0.05) is 5.56 Å². The van der Waals surface area contributed by atoms with Crippen molar-refractivity contribution in [2.75, 3.05) is 25.0 Å². The lowest BCUT2D eigenvalue weighted by Gasteiger charge is -2.40. The van der Waals surface area contributed by atoms with Crippen LogP contribution in [0.1, 0.15) is 18.1 Å². The van der Waals surface area contributed by atoms with Crippen LogP contribution in [0.25, 0.3) is 0 Å². The van der Waals surface area contributed by atoms with Crippen molar-refractivity contribution >= 4 is 9.16 Å². The summed E-state index contributed by atoms with van der Waals surface area (Å²) in [6, 6.07) is 8.56. The average molecular weight is 222 g/mol. The highest BCUT2D eigenvalue weighted by Crippen LogP contribution is 2.54. The zero-order chi connectivity index (χ0) is 11.6. The van der Waals surface area contributed by atoms with Gasteiger partial charge in [0.15, 0.2) is 0 Å². The Morgan fingerprint density at radius 1 is 1.00 bits per heavy atom. The minimum Gasteiger partial charge on any atom is -0.243 e. The topological polar surface area (TPSA) is 0 Å². The first-order valence-corrected chi connectivity index (χ1v) is 9.42. The molecule has 0 saturated carbocycles. The summed E-state index contributed by atoms with van der Waals surface area (Å²) in [7, 11) is -1.68. The van der Waals surface area contributed by atoms with Crippen LogP contribution in [0.3, 0.4) is 0 Å². The third-order valence-corrected chi connectivity index (χ3v) is 3.02. The fraction of sp³-hybridized carbons (Fsp3) is 0.429. The number of aryl methyl sites for hydroxylation is 1. The predicted molar refractivity (Wildman–Crippen MR) is 75.4 cm³/mol. The Bertz CT molecular complexity index is 384. The van der Waals surface area contributed by atoms with E-state index in [4.69, 9.17) is 0 Å². The first-order valence-electron chi connectivity index (χ1n) is 5.39. The van der Waals surface area contributed by atoms with Gasteiger partial charge in [0.05, 0.1) is 0 Å². The van der Waals surface area contributed by atoms with Crippen molar-refractivity contribution in [2.24, 2.45) is 0 Å². The Balaban J connectivity index is 2.91. The quantitative estimate of drug-likeness (QED) is 0.548. The second kappa shape index (κ2) is 3.94. The maximum Gasteiger partial charge on any atom is 0.0253 e. The molecule has 0 amide bonds. The van der Waals surface area contributed by atoms with Gasteiger partial charge < -0.3 is 0 Å². The van der Waals surface area contributed by atoms with E-state index in [0.29, 0.717) is 0 Å². The van der Waals surface area contributed by atoms with Gasteiger partial charge in [-0.3, -0.25) is 0 Å². The van der Waals surface area contributed by atoms with Crippen molar-refractivity contribution in [3.63, 3.8) is 0 Å². The van der Waals surface area contributed by atoms with E-state index >= 15 is 0 Å². The molecule has 0 aliphatic rings.